The second-order valence-corrected chi connectivity index (χ2v) is 5.94. The van der Waals surface area contributed by atoms with Crippen molar-refractivity contribution in [3.8, 4) is 5.75 Å². The first-order valence-corrected chi connectivity index (χ1v) is 7.86. The molecule has 114 valence electrons. The molecular weight excluding hydrogens is 282 g/mol. The van der Waals surface area contributed by atoms with Gasteiger partial charge < -0.3 is 14.6 Å². The fraction of sp³-hybridized carbons (Fsp3) is 0.538. The number of benzene rings is 1. The summed E-state index contributed by atoms with van der Waals surface area (Å²) in [5.41, 5.74) is 0. The number of ether oxygens (including phenoxy) is 2. The maximum atomic E-state index is 12.2. The van der Waals surface area contributed by atoms with Gasteiger partial charge in [-0.2, -0.15) is 0 Å². The predicted octanol–water partition coefficient (Wildman–Crippen LogP) is 0.761. The first kappa shape index (κ1) is 16.9. The predicted molar refractivity (Wildman–Crippen MR) is 75.3 cm³/mol. The van der Waals surface area contributed by atoms with Crippen molar-refractivity contribution in [1.82, 2.24) is 4.72 Å². The van der Waals surface area contributed by atoms with Crippen molar-refractivity contribution >= 4 is 10.0 Å². The number of nitrogens with one attached hydrogen (secondary N) is 1. The van der Waals surface area contributed by atoms with Crippen LogP contribution in [0.3, 0.4) is 0 Å². The zero-order chi connectivity index (χ0) is 15.0. The van der Waals surface area contributed by atoms with E-state index in [9.17, 15) is 8.42 Å². The number of aliphatic hydroxyl groups excluding tert-OH is 1. The SMILES string of the molecule is CCC(COC)NS(=O)(=O)c1ccc(OCCO)cc1. The van der Waals surface area contributed by atoms with E-state index < -0.39 is 10.0 Å². The van der Waals surface area contributed by atoms with Crippen molar-refractivity contribution in [2.45, 2.75) is 24.3 Å². The molecule has 0 amide bonds. The average Bonchev–Trinajstić information content (AvgIpc) is 2.45. The van der Waals surface area contributed by atoms with E-state index in [2.05, 4.69) is 4.72 Å². The number of rotatable bonds is 9. The first-order valence-electron chi connectivity index (χ1n) is 6.38. The minimum atomic E-state index is -3.57. The number of sulfonamides is 1. The fourth-order valence-corrected chi connectivity index (χ4v) is 2.91. The van der Waals surface area contributed by atoms with Gasteiger partial charge in [0.1, 0.15) is 12.4 Å². The average molecular weight is 303 g/mol. The first-order chi connectivity index (χ1) is 9.53. The van der Waals surface area contributed by atoms with Gasteiger partial charge in [-0.05, 0) is 30.7 Å². The minimum Gasteiger partial charge on any atom is -0.491 e. The molecule has 0 saturated carbocycles. The van der Waals surface area contributed by atoms with Gasteiger partial charge in [0.05, 0.1) is 18.1 Å². The molecule has 0 aliphatic rings. The molecule has 0 heterocycles. The molecule has 0 aliphatic heterocycles. The van der Waals surface area contributed by atoms with E-state index >= 15 is 0 Å². The largest absolute Gasteiger partial charge is 0.491 e. The maximum absolute atomic E-state index is 12.2. The molecule has 0 spiro atoms. The van der Waals surface area contributed by atoms with Crippen LogP contribution < -0.4 is 9.46 Å². The van der Waals surface area contributed by atoms with Gasteiger partial charge in [0, 0.05) is 13.2 Å². The van der Waals surface area contributed by atoms with Crippen molar-refractivity contribution in [2.24, 2.45) is 0 Å². The van der Waals surface area contributed by atoms with Crippen LogP contribution in [0, 0.1) is 0 Å². The smallest absolute Gasteiger partial charge is 0.240 e. The molecule has 0 aliphatic carbocycles. The topological polar surface area (TPSA) is 84.9 Å². The molecule has 0 radical (unpaired) electrons. The second kappa shape index (κ2) is 8.21. The molecule has 20 heavy (non-hydrogen) atoms. The highest BCUT2D eigenvalue weighted by atomic mass is 32.2. The van der Waals surface area contributed by atoms with Crippen molar-refractivity contribution in [2.75, 3.05) is 26.9 Å². The van der Waals surface area contributed by atoms with Gasteiger partial charge in [-0.15, -0.1) is 0 Å². The Labute approximate surface area is 119 Å². The zero-order valence-electron chi connectivity index (χ0n) is 11.7. The lowest BCUT2D eigenvalue weighted by Gasteiger charge is -2.16. The molecule has 1 aromatic carbocycles. The summed E-state index contributed by atoms with van der Waals surface area (Å²) in [6, 6.07) is 5.79. The summed E-state index contributed by atoms with van der Waals surface area (Å²) in [7, 11) is -2.03. The van der Waals surface area contributed by atoms with Crippen LogP contribution in [0.25, 0.3) is 0 Å². The molecule has 1 aromatic rings. The van der Waals surface area contributed by atoms with Gasteiger partial charge in [0.15, 0.2) is 0 Å². The summed E-state index contributed by atoms with van der Waals surface area (Å²) in [6.45, 7) is 2.30. The molecular formula is C13H21NO5S. The lowest BCUT2D eigenvalue weighted by Crippen LogP contribution is -2.37. The van der Waals surface area contributed by atoms with E-state index in [1.54, 1.807) is 12.1 Å². The Morgan fingerprint density at radius 1 is 1.30 bits per heavy atom. The van der Waals surface area contributed by atoms with Crippen molar-refractivity contribution in [3.63, 3.8) is 0 Å². The third-order valence-electron chi connectivity index (χ3n) is 2.68. The Kier molecular flexibility index (Phi) is 6.94. The number of hydrogen-bond donors (Lipinski definition) is 2. The molecule has 7 heteroatoms. The molecule has 2 N–H and O–H groups in total. The van der Waals surface area contributed by atoms with Crippen molar-refractivity contribution < 1.29 is 23.0 Å². The number of aliphatic hydroxyl groups is 1. The van der Waals surface area contributed by atoms with Crippen molar-refractivity contribution in [3.05, 3.63) is 24.3 Å². The van der Waals surface area contributed by atoms with Crippen LogP contribution in [0.15, 0.2) is 29.2 Å². The van der Waals surface area contributed by atoms with Gasteiger partial charge in [-0.3, -0.25) is 0 Å². The summed E-state index contributed by atoms with van der Waals surface area (Å²) in [5, 5.41) is 8.65. The van der Waals surface area contributed by atoms with E-state index in [-0.39, 0.29) is 24.2 Å². The molecule has 1 atom stereocenters. The molecule has 6 nitrogen and oxygen atoms in total. The minimum absolute atomic E-state index is 0.0865. The fourth-order valence-electron chi connectivity index (χ4n) is 1.60. The second-order valence-electron chi connectivity index (χ2n) is 4.23. The van der Waals surface area contributed by atoms with Crippen LogP contribution in [0.1, 0.15) is 13.3 Å². The highest BCUT2D eigenvalue weighted by Crippen LogP contribution is 2.16. The van der Waals surface area contributed by atoms with E-state index in [1.807, 2.05) is 6.92 Å². The Morgan fingerprint density at radius 3 is 2.45 bits per heavy atom. The van der Waals surface area contributed by atoms with Gasteiger partial charge >= 0.3 is 0 Å². The molecule has 0 bridgehead atoms. The number of hydrogen-bond acceptors (Lipinski definition) is 5. The normalized spacial score (nSPS) is 13.2. The zero-order valence-corrected chi connectivity index (χ0v) is 12.5. The summed E-state index contributed by atoms with van der Waals surface area (Å²) in [4.78, 5) is 0.170. The Balaban J connectivity index is 2.76. The van der Waals surface area contributed by atoms with Crippen molar-refractivity contribution in [1.29, 1.82) is 0 Å². The van der Waals surface area contributed by atoms with Crippen LogP contribution in [0.2, 0.25) is 0 Å². The van der Waals surface area contributed by atoms with Crippen LogP contribution in [-0.4, -0.2) is 46.5 Å². The summed E-state index contributed by atoms with van der Waals surface area (Å²) < 4.78 is 37.0. The Hall–Kier alpha value is -1.15. The summed E-state index contributed by atoms with van der Waals surface area (Å²) in [5.74, 6) is 0.516. The number of methoxy groups -OCH3 is 1. The van der Waals surface area contributed by atoms with Gasteiger partial charge in [0.2, 0.25) is 10.0 Å². The molecule has 0 fully saturated rings. The van der Waals surface area contributed by atoms with Crippen LogP contribution in [-0.2, 0) is 14.8 Å². The van der Waals surface area contributed by atoms with E-state index in [0.29, 0.717) is 18.8 Å². The van der Waals surface area contributed by atoms with Gasteiger partial charge in [-0.1, -0.05) is 6.92 Å². The molecule has 1 rings (SSSR count). The molecule has 0 aromatic heterocycles. The van der Waals surface area contributed by atoms with Crippen LogP contribution in [0.5, 0.6) is 5.75 Å². The molecule has 0 saturated heterocycles. The van der Waals surface area contributed by atoms with E-state index in [0.717, 1.165) is 0 Å². The lowest BCUT2D eigenvalue weighted by molar-refractivity contribution is 0.173. The monoisotopic (exact) mass is 303 g/mol. The maximum Gasteiger partial charge on any atom is 0.240 e. The van der Waals surface area contributed by atoms with E-state index in [4.69, 9.17) is 14.6 Å². The highest BCUT2D eigenvalue weighted by Gasteiger charge is 2.18. The quantitative estimate of drug-likeness (QED) is 0.703. The Morgan fingerprint density at radius 2 is 1.95 bits per heavy atom. The Bertz CT molecular complexity index is 486. The summed E-state index contributed by atoms with van der Waals surface area (Å²) >= 11 is 0. The molecule has 1 unspecified atom stereocenters. The van der Waals surface area contributed by atoms with Gasteiger partial charge in [-0.25, -0.2) is 13.1 Å². The third-order valence-corrected chi connectivity index (χ3v) is 4.21. The summed E-state index contributed by atoms with van der Waals surface area (Å²) in [6.07, 6.45) is 0.644. The standard InChI is InChI=1S/C13H21NO5S/c1-3-11(10-18-2)14-20(16,17)13-6-4-12(5-7-13)19-9-8-15/h4-7,11,14-15H,3,8-10H2,1-2H3. The lowest BCUT2D eigenvalue weighted by atomic mass is 10.3. The van der Waals surface area contributed by atoms with Gasteiger partial charge in [0.25, 0.3) is 0 Å². The highest BCUT2D eigenvalue weighted by molar-refractivity contribution is 7.89. The third kappa shape index (κ3) is 5.09. The van der Waals surface area contributed by atoms with Crippen LogP contribution in [0.4, 0.5) is 0 Å². The van der Waals surface area contributed by atoms with E-state index in [1.165, 1.54) is 19.2 Å². The van der Waals surface area contributed by atoms with Crippen LogP contribution >= 0.6 is 0 Å².